The number of benzene rings is 1. The predicted molar refractivity (Wildman–Crippen MR) is 68.9 cm³/mol. The van der Waals surface area contributed by atoms with Gasteiger partial charge in [-0.3, -0.25) is 9.59 Å². The molecule has 98 valence electrons. The molecule has 2 rings (SSSR count). The summed E-state index contributed by atoms with van der Waals surface area (Å²) in [5.74, 6) is -1.23. The van der Waals surface area contributed by atoms with Crippen molar-refractivity contribution in [3.8, 4) is 0 Å². The number of carbonyl (C=O) groups excluding carboxylic acids is 1. The Morgan fingerprint density at radius 2 is 2.21 bits per heavy atom. The summed E-state index contributed by atoms with van der Waals surface area (Å²) in [5, 5.41) is 11.4. The third-order valence-electron chi connectivity index (χ3n) is 2.48. The van der Waals surface area contributed by atoms with Crippen molar-refractivity contribution in [3.05, 3.63) is 48.0 Å². The van der Waals surface area contributed by atoms with Gasteiger partial charge in [-0.15, -0.1) is 0 Å². The molecule has 6 nitrogen and oxygen atoms in total. The van der Waals surface area contributed by atoms with Crippen LogP contribution in [0.15, 0.2) is 36.8 Å². The van der Waals surface area contributed by atoms with E-state index < -0.39 is 5.97 Å². The van der Waals surface area contributed by atoms with Gasteiger partial charge in [0.25, 0.3) is 5.91 Å². The predicted octanol–water partition coefficient (Wildman–Crippen LogP) is 1.30. The van der Waals surface area contributed by atoms with E-state index in [0.717, 1.165) is 0 Å². The number of anilines is 1. The van der Waals surface area contributed by atoms with E-state index in [4.69, 9.17) is 5.11 Å². The molecule has 0 fully saturated rings. The van der Waals surface area contributed by atoms with Crippen molar-refractivity contribution in [1.82, 2.24) is 9.55 Å². The SMILES string of the molecule is Cn1cnc(C(=O)Nc2cccc(CC(=O)O)c2)c1. The highest BCUT2D eigenvalue weighted by molar-refractivity contribution is 6.02. The van der Waals surface area contributed by atoms with Gasteiger partial charge in [0.05, 0.1) is 12.7 Å². The van der Waals surface area contributed by atoms with E-state index in [1.807, 2.05) is 0 Å². The number of hydrogen-bond acceptors (Lipinski definition) is 3. The number of imidazole rings is 1. The van der Waals surface area contributed by atoms with Crippen LogP contribution in [0.25, 0.3) is 0 Å². The Kier molecular flexibility index (Phi) is 3.61. The Hall–Kier alpha value is -2.63. The first-order chi connectivity index (χ1) is 9.04. The molecule has 1 heterocycles. The van der Waals surface area contributed by atoms with E-state index in [2.05, 4.69) is 10.3 Å². The molecule has 19 heavy (non-hydrogen) atoms. The molecule has 6 heteroatoms. The second-order valence-electron chi connectivity index (χ2n) is 4.15. The Morgan fingerprint density at radius 3 is 2.84 bits per heavy atom. The van der Waals surface area contributed by atoms with Crippen LogP contribution in [0.5, 0.6) is 0 Å². The van der Waals surface area contributed by atoms with E-state index in [0.29, 0.717) is 16.9 Å². The van der Waals surface area contributed by atoms with Gasteiger partial charge in [0, 0.05) is 18.9 Å². The standard InChI is InChI=1S/C13H13N3O3/c1-16-7-11(14-8-16)13(19)15-10-4-2-3-9(5-10)6-12(17)18/h2-5,7-8H,6H2,1H3,(H,15,19)(H,17,18). The lowest BCUT2D eigenvalue weighted by Crippen LogP contribution is -2.12. The molecule has 1 aromatic heterocycles. The molecule has 0 aliphatic rings. The van der Waals surface area contributed by atoms with Gasteiger partial charge >= 0.3 is 5.97 Å². The minimum Gasteiger partial charge on any atom is -0.481 e. The van der Waals surface area contributed by atoms with Crippen molar-refractivity contribution in [2.24, 2.45) is 7.05 Å². The molecule has 0 radical (unpaired) electrons. The van der Waals surface area contributed by atoms with E-state index in [1.54, 1.807) is 42.1 Å². The topological polar surface area (TPSA) is 84.2 Å². The van der Waals surface area contributed by atoms with Crippen LogP contribution in [-0.4, -0.2) is 26.5 Å². The summed E-state index contributed by atoms with van der Waals surface area (Å²) in [6.07, 6.45) is 3.07. The third-order valence-corrected chi connectivity index (χ3v) is 2.48. The van der Waals surface area contributed by atoms with Crippen molar-refractivity contribution >= 4 is 17.6 Å². The number of nitrogens with zero attached hydrogens (tertiary/aromatic N) is 2. The van der Waals surface area contributed by atoms with Gasteiger partial charge in [-0.05, 0) is 17.7 Å². The molecule has 2 aromatic rings. The minimum absolute atomic E-state index is 0.0761. The highest BCUT2D eigenvalue weighted by Crippen LogP contribution is 2.12. The fraction of sp³-hybridized carbons (Fsp3) is 0.154. The molecule has 0 saturated carbocycles. The fourth-order valence-corrected chi connectivity index (χ4v) is 1.66. The summed E-state index contributed by atoms with van der Waals surface area (Å²) >= 11 is 0. The lowest BCUT2D eigenvalue weighted by molar-refractivity contribution is -0.136. The van der Waals surface area contributed by atoms with Crippen molar-refractivity contribution < 1.29 is 14.7 Å². The first-order valence-corrected chi connectivity index (χ1v) is 5.64. The second kappa shape index (κ2) is 5.34. The molecule has 0 aliphatic heterocycles. The number of amides is 1. The molecule has 0 bridgehead atoms. The lowest BCUT2D eigenvalue weighted by atomic mass is 10.1. The molecule has 2 N–H and O–H groups in total. The minimum atomic E-state index is -0.909. The molecule has 0 saturated heterocycles. The van der Waals surface area contributed by atoms with Gasteiger partial charge in [0.15, 0.2) is 0 Å². The van der Waals surface area contributed by atoms with Crippen molar-refractivity contribution in [1.29, 1.82) is 0 Å². The highest BCUT2D eigenvalue weighted by atomic mass is 16.4. The monoisotopic (exact) mass is 259 g/mol. The van der Waals surface area contributed by atoms with Crippen LogP contribution in [0.1, 0.15) is 16.1 Å². The number of carboxylic acids is 1. The zero-order chi connectivity index (χ0) is 13.8. The van der Waals surface area contributed by atoms with Crippen LogP contribution < -0.4 is 5.32 Å². The summed E-state index contributed by atoms with van der Waals surface area (Å²) < 4.78 is 1.68. The Balaban J connectivity index is 2.10. The summed E-state index contributed by atoms with van der Waals surface area (Å²) in [5.41, 5.74) is 1.49. The summed E-state index contributed by atoms with van der Waals surface area (Å²) in [7, 11) is 1.78. The van der Waals surface area contributed by atoms with Crippen LogP contribution in [0.3, 0.4) is 0 Å². The van der Waals surface area contributed by atoms with Crippen molar-refractivity contribution in [2.75, 3.05) is 5.32 Å². The fourth-order valence-electron chi connectivity index (χ4n) is 1.66. The number of carboxylic acid groups (broad SMARTS) is 1. The Morgan fingerprint density at radius 1 is 1.42 bits per heavy atom. The molecule has 1 aromatic carbocycles. The van der Waals surface area contributed by atoms with Gasteiger partial charge in [0.1, 0.15) is 5.69 Å². The molecule has 0 unspecified atom stereocenters. The summed E-state index contributed by atoms with van der Waals surface area (Å²) in [6, 6.07) is 6.73. The van der Waals surface area contributed by atoms with Crippen LogP contribution >= 0.6 is 0 Å². The highest BCUT2D eigenvalue weighted by Gasteiger charge is 2.09. The van der Waals surface area contributed by atoms with Crippen molar-refractivity contribution in [3.63, 3.8) is 0 Å². The van der Waals surface area contributed by atoms with Crippen LogP contribution in [0.2, 0.25) is 0 Å². The normalized spacial score (nSPS) is 10.2. The van der Waals surface area contributed by atoms with Gasteiger partial charge in [0.2, 0.25) is 0 Å². The van der Waals surface area contributed by atoms with Gasteiger partial charge in [-0.2, -0.15) is 0 Å². The van der Waals surface area contributed by atoms with E-state index in [-0.39, 0.29) is 12.3 Å². The molecular formula is C13H13N3O3. The van der Waals surface area contributed by atoms with E-state index in [9.17, 15) is 9.59 Å². The van der Waals surface area contributed by atoms with E-state index in [1.165, 1.54) is 6.33 Å². The average molecular weight is 259 g/mol. The lowest BCUT2D eigenvalue weighted by Gasteiger charge is -2.05. The summed E-state index contributed by atoms with van der Waals surface area (Å²) in [6.45, 7) is 0. The average Bonchev–Trinajstić information content (AvgIpc) is 2.75. The van der Waals surface area contributed by atoms with Gasteiger partial charge in [-0.25, -0.2) is 4.98 Å². The van der Waals surface area contributed by atoms with Gasteiger partial charge < -0.3 is 15.0 Å². The number of aromatic nitrogens is 2. The Bertz CT molecular complexity index is 619. The van der Waals surface area contributed by atoms with Crippen molar-refractivity contribution in [2.45, 2.75) is 6.42 Å². The molecule has 0 aliphatic carbocycles. The molecular weight excluding hydrogens is 246 g/mol. The van der Waals surface area contributed by atoms with Gasteiger partial charge in [-0.1, -0.05) is 12.1 Å². The smallest absolute Gasteiger partial charge is 0.307 e. The largest absolute Gasteiger partial charge is 0.481 e. The molecule has 0 spiro atoms. The van der Waals surface area contributed by atoms with Crippen LogP contribution in [0.4, 0.5) is 5.69 Å². The first kappa shape index (κ1) is 12.8. The van der Waals surface area contributed by atoms with Crippen LogP contribution in [0, 0.1) is 0 Å². The number of carbonyl (C=O) groups is 2. The number of aryl methyl sites for hydroxylation is 1. The molecule has 0 atom stereocenters. The first-order valence-electron chi connectivity index (χ1n) is 5.64. The van der Waals surface area contributed by atoms with Crippen LogP contribution in [-0.2, 0) is 18.3 Å². The zero-order valence-corrected chi connectivity index (χ0v) is 10.3. The Labute approximate surface area is 109 Å². The number of aliphatic carboxylic acids is 1. The quantitative estimate of drug-likeness (QED) is 0.866. The maximum Gasteiger partial charge on any atom is 0.307 e. The van der Waals surface area contributed by atoms with E-state index >= 15 is 0 Å². The summed E-state index contributed by atoms with van der Waals surface area (Å²) in [4.78, 5) is 26.4. The molecule has 1 amide bonds. The maximum absolute atomic E-state index is 11.9. The number of nitrogens with one attached hydrogen (secondary N) is 1. The zero-order valence-electron chi connectivity index (χ0n) is 10.3. The third kappa shape index (κ3) is 3.41. The number of hydrogen-bond donors (Lipinski definition) is 2. The number of rotatable bonds is 4. The second-order valence-corrected chi connectivity index (χ2v) is 4.15. The maximum atomic E-state index is 11.9.